The summed E-state index contributed by atoms with van der Waals surface area (Å²) in [7, 11) is 2.56. The van der Waals surface area contributed by atoms with Crippen LogP contribution in [0.25, 0.3) is 0 Å². The third-order valence-corrected chi connectivity index (χ3v) is 4.20. The highest BCUT2D eigenvalue weighted by Gasteiger charge is 2.10. The third kappa shape index (κ3) is 2.68. The maximum absolute atomic E-state index is 10.8. The minimum absolute atomic E-state index is 0.0514. The fourth-order valence-corrected chi connectivity index (χ4v) is 3.20. The molecule has 0 aliphatic rings. The standard InChI is InChI=1S/C9H6ClN3O2S2/c1-5-2-3-6(4-7(5)13(14)15)11-9-8(10)12-17-16-9/h2-4H,1H3. The Morgan fingerprint density at radius 2 is 2.29 bits per heavy atom. The van der Waals surface area contributed by atoms with Gasteiger partial charge >= 0.3 is 0 Å². The molecule has 0 aliphatic heterocycles. The highest BCUT2D eigenvalue weighted by Crippen LogP contribution is 2.24. The van der Waals surface area contributed by atoms with E-state index in [0.717, 1.165) is 0 Å². The predicted molar refractivity (Wildman–Crippen MR) is 68.1 cm³/mol. The molecular formula is C9H6ClN3O2S2. The Morgan fingerprint density at radius 1 is 1.53 bits per heavy atom. The summed E-state index contributed by atoms with van der Waals surface area (Å²) in [6.07, 6.45) is 0. The van der Waals surface area contributed by atoms with Crippen molar-refractivity contribution >= 4 is 43.9 Å². The number of halogens is 1. The lowest BCUT2D eigenvalue weighted by atomic mass is 10.2. The Kier molecular flexibility index (Phi) is 3.51. The number of benzene rings is 1. The number of nitrogens with zero attached hydrogens (tertiary/aromatic N) is 3. The van der Waals surface area contributed by atoms with E-state index in [-0.39, 0.29) is 5.69 Å². The molecule has 8 heteroatoms. The molecule has 0 atom stereocenters. The molecule has 0 N–H and O–H groups in total. The highest BCUT2D eigenvalue weighted by molar-refractivity contribution is 7.66. The fourth-order valence-electron chi connectivity index (χ4n) is 1.21. The zero-order valence-electron chi connectivity index (χ0n) is 8.58. The number of hydrogen-bond donors (Lipinski definition) is 0. The van der Waals surface area contributed by atoms with Gasteiger partial charge in [0, 0.05) is 22.2 Å². The van der Waals surface area contributed by atoms with Crippen LogP contribution >= 0.6 is 32.5 Å². The molecule has 2 aromatic rings. The number of nitro groups is 1. The van der Waals surface area contributed by atoms with Crippen LogP contribution in [0.4, 0.5) is 11.4 Å². The van der Waals surface area contributed by atoms with Gasteiger partial charge in [-0.25, -0.2) is 4.99 Å². The minimum Gasteiger partial charge on any atom is -0.258 e. The normalized spacial score (nSPS) is 11.8. The van der Waals surface area contributed by atoms with Crippen molar-refractivity contribution in [3.63, 3.8) is 0 Å². The summed E-state index contributed by atoms with van der Waals surface area (Å²) in [5.41, 5.74) is 1.16. The molecule has 0 radical (unpaired) electrons. The number of aryl methyl sites for hydroxylation is 1. The molecule has 0 bridgehead atoms. The van der Waals surface area contributed by atoms with E-state index in [1.165, 1.54) is 26.9 Å². The lowest BCUT2D eigenvalue weighted by Crippen LogP contribution is -1.94. The number of aromatic nitrogens is 1. The summed E-state index contributed by atoms with van der Waals surface area (Å²) in [6, 6.07) is 4.80. The molecule has 17 heavy (non-hydrogen) atoms. The fraction of sp³-hybridized carbons (Fsp3) is 0.111. The molecule has 2 rings (SSSR count). The van der Waals surface area contributed by atoms with E-state index >= 15 is 0 Å². The van der Waals surface area contributed by atoms with Crippen molar-refractivity contribution in [2.75, 3.05) is 0 Å². The Hall–Kier alpha value is -1.31. The topological polar surface area (TPSA) is 68.4 Å². The van der Waals surface area contributed by atoms with Crippen molar-refractivity contribution < 1.29 is 4.92 Å². The van der Waals surface area contributed by atoms with Crippen LogP contribution in [0.5, 0.6) is 0 Å². The van der Waals surface area contributed by atoms with Gasteiger partial charge < -0.3 is 0 Å². The van der Waals surface area contributed by atoms with E-state index in [1.54, 1.807) is 19.1 Å². The second-order valence-electron chi connectivity index (χ2n) is 3.18. The zero-order chi connectivity index (χ0) is 12.4. The molecule has 1 heterocycles. The SMILES string of the molecule is Cc1ccc(N=c2ssnc2Cl)cc1[N+](=O)[O-]. The van der Waals surface area contributed by atoms with Gasteiger partial charge in [-0.3, -0.25) is 10.1 Å². The number of hydrogen-bond acceptors (Lipinski definition) is 6. The average Bonchev–Trinajstić information content (AvgIpc) is 2.67. The summed E-state index contributed by atoms with van der Waals surface area (Å²) >= 11 is 5.81. The molecule has 0 saturated carbocycles. The first-order chi connectivity index (χ1) is 8.08. The molecular weight excluding hydrogens is 282 g/mol. The van der Waals surface area contributed by atoms with Gasteiger partial charge in [0.1, 0.15) is 0 Å². The van der Waals surface area contributed by atoms with Crippen molar-refractivity contribution in [1.29, 1.82) is 0 Å². The van der Waals surface area contributed by atoms with E-state index in [2.05, 4.69) is 9.37 Å². The molecule has 88 valence electrons. The van der Waals surface area contributed by atoms with Gasteiger partial charge in [0.15, 0.2) is 9.82 Å². The summed E-state index contributed by atoms with van der Waals surface area (Å²) in [4.78, 5) is 14.6. The molecule has 0 unspecified atom stereocenters. The van der Waals surface area contributed by atoms with Crippen LogP contribution in [-0.4, -0.2) is 9.30 Å². The first-order valence-electron chi connectivity index (χ1n) is 4.49. The predicted octanol–water partition coefficient (Wildman–Crippen LogP) is 3.31. The van der Waals surface area contributed by atoms with Gasteiger partial charge in [-0.05, 0) is 23.3 Å². The van der Waals surface area contributed by atoms with Crippen LogP contribution in [0.2, 0.25) is 5.15 Å². The van der Waals surface area contributed by atoms with Crippen LogP contribution in [0, 0.1) is 17.0 Å². The van der Waals surface area contributed by atoms with Gasteiger partial charge in [-0.2, -0.15) is 4.37 Å². The molecule has 0 aliphatic carbocycles. The van der Waals surface area contributed by atoms with Crippen LogP contribution < -0.4 is 4.67 Å². The minimum atomic E-state index is -0.425. The molecule has 0 fully saturated rings. The zero-order valence-corrected chi connectivity index (χ0v) is 11.0. The van der Waals surface area contributed by atoms with Crippen LogP contribution in [-0.2, 0) is 0 Å². The Bertz CT molecular complexity index is 635. The maximum Gasteiger partial charge on any atom is 0.274 e. The van der Waals surface area contributed by atoms with E-state index in [9.17, 15) is 10.1 Å². The maximum atomic E-state index is 10.8. The Labute approximate surface area is 109 Å². The first kappa shape index (κ1) is 12.2. The second-order valence-corrected chi connectivity index (χ2v) is 5.38. The van der Waals surface area contributed by atoms with Crippen molar-refractivity contribution in [1.82, 2.24) is 4.37 Å². The Morgan fingerprint density at radius 3 is 2.88 bits per heavy atom. The van der Waals surface area contributed by atoms with Gasteiger partial charge in [0.2, 0.25) is 0 Å². The van der Waals surface area contributed by atoms with Crippen LogP contribution in [0.1, 0.15) is 5.56 Å². The summed E-state index contributed by atoms with van der Waals surface area (Å²) in [5, 5.41) is 11.1. The average molecular weight is 288 g/mol. The van der Waals surface area contributed by atoms with Gasteiger partial charge in [0.25, 0.3) is 5.69 Å². The summed E-state index contributed by atoms with van der Waals surface area (Å²) < 4.78 is 4.45. The van der Waals surface area contributed by atoms with E-state index in [4.69, 9.17) is 11.6 Å². The number of nitro benzene ring substituents is 1. The smallest absolute Gasteiger partial charge is 0.258 e. The van der Waals surface area contributed by atoms with Gasteiger partial charge in [-0.1, -0.05) is 17.7 Å². The lowest BCUT2D eigenvalue weighted by Gasteiger charge is -1.97. The van der Waals surface area contributed by atoms with E-state index in [1.807, 2.05) is 0 Å². The summed E-state index contributed by atoms with van der Waals surface area (Å²) in [6.45, 7) is 1.68. The molecule has 5 nitrogen and oxygen atoms in total. The first-order valence-corrected chi connectivity index (χ1v) is 6.97. The molecule has 0 spiro atoms. The van der Waals surface area contributed by atoms with Crippen molar-refractivity contribution in [3.8, 4) is 0 Å². The van der Waals surface area contributed by atoms with E-state index in [0.29, 0.717) is 21.1 Å². The molecule has 1 aromatic carbocycles. The number of rotatable bonds is 2. The molecule has 0 saturated heterocycles. The monoisotopic (exact) mass is 287 g/mol. The molecule has 0 amide bonds. The second kappa shape index (κ2) is 4.91. The van der Waals surface area contributed by atoms with Gasteiger partial charge in [-0.15, -0.1) is 0 Å². The highest BCUT2D eigenvalue weighted by atomic mass is 35.5. The summed E-state index contributed by atoms with van der Waals surface area (Å²) in [5.74, 6) is 0. The van der Waals surface area contributed by atoms with Crippen LogP contribution in [0.15, 0.2) is 23.2 Å². The van der Waals surface area contributed by atoms with Crippen LogP contribution in [0.3, 0.4) is 0 Å². The quantitative estimate of drug-likeness (QED) is 0.483. The van der Waals surface area contributed by atoms with Gasteiger partial charge in [0.05, 0.1) is 10.6 Å². The van der Waals surface area contributed by atoms with Crippen molar-refractivity contribution in [2.24, 2.45) is 4.99 Å². The Balaban J connectivity index is 2.52. The lowest BCUT2D eigenvalue weighted by molar-refractivity contribution is -0.385. The van der Waals surface area contributed by atoms with Crippen molar-refractivity contribution in [2.45, 2.75) is 6.92 Å². The molecule has 1 aromatic heterocycles. The van der Waals surface area contributed by atoms with E-state index < -0.39 is 4.92 Å². The largest absolute Gasteiger partial charge is 0.274 e. The van der Waals surface area contributed by atoms with Crippen molar-refractivity contribution in [3.05, 3.63) is 43.7 Å². The third-order valence-electron chi connectivity index (χ3n) is 2.03.